The second kappa shape index (κ2) is 7.22. The molecule has 2 aromatic rings. The Hall–Kier alpha value is -2.88. The summed E-state index contributed by atoms with van der Waals surface area (Å²) >= 11 is 0. The van der Waals surface area contributed by atoms with Crippen molar-refractivity contribution in [2.45, 2.75) is 0 Å². The van der Waals surface area contributed by atoms with Crippen molar-refractivity contribution in [2.75, 3.05) is 14.2 Å². The molecule has 0 N–H and O–H groups in total. The Labute approximate surface area is 129 Å². The van der Waals surface area contributed by atoms with Crippen LogP contribution in [-0.4, -0.2) is 26.2 Å². The van der Waals surface area contributed by atoms with Crippen LogP contribution in [0.25, 0.3) is 12.2 Å². The van der Waals surface area contributed by atoms with Crippen molar-refractivity contribution >= 4 is 24.1 Å². The van der Waals surface area contributed by atoms with Crippen molar-refractivity contribution in [3.05, 3.63) is 70.8 Å². The lowest BCUT2D eigenvalue weighted by Crippen LogP contribution is -2.11. The Kier molecular flexibility index (Phi) is 5.09. The third kappa shape index (κ3) is 3.61. The monoisotopic (exact) mass is 296 g/mol. The predicted molar refractivity (Wildman–Crippen MR) is 84.5 cm³/mol. The maximum Gasteiger partial charge on any atom is 0.338 e. The van der Waals surface area contributed by atoms with Crippen molar-refractivity contribution in [3.8, 4) is 0 Å². The highest BCUT2D eigenvalue weighted by Crippen LogP contribution is 2.17. The number of benzene rings is 2. The smallest absolute Gasteiger partial charge is 0.338 e. The Morgan fingerprint density at radius 1 is 0.773 bits per heavy atom. The van der Waals surface area contributed by atoms with E-state index in [1.165, 1.54) is 14.2 Å². The van der Waals surface area contributed by atoms with Gasteiger partial charge in [-0.3, -0.25) is 0 Å². The summed E-state index contributed by atoms with van der Waals surface area (Å²) < 4.78 is 9.39. The van der Waals surface area contributed by atoms with Gasteiger partial charge in [0.2, 0.25) is 0 Å². The van der Waals surface area contributed by atoms with E-state index in [4.69, 9.17) is 4.74 Å². The Bertz CT molecular complexity index is 702. The molecule has 112 valence electrons. The summed E-state index contributed by atoms with van der Waals surface area (Å²) in [5, 5.41) is 0. The van der Waals surface area contributed by atoms with Crippen molar-refractivity contribution < 1.29 is 19.1 Å². The minimum Gasteiger partial charge on any atom is -0.465 e. The molecule has 4 heteroatoms. The lowest BCUT2D eigenvalue weighted by Gasteiger charge is -2.07. The molecule has 0 aliphatic heterocycles. The molecule has 0 aromatic heterocycles. The Balaban J connectivity index is 2.36. The van der Waals surface area contributed by atoms with Crippen LogP contribution in [0.4, 0.5) is 0 Å². The molecule has 0 fully saturated rings. The van der Waals surface area contributed by atoms with Gasteiger partial charge in [-0.25, -0.2) is 9.59 Å². The molecular weight excluding hydrogens is 280 g/mol. The minimum atomic E-state index is -0.574. The quantitative estimate of drug-likeness (QED) is 0.640. The van der Waals surface area contributed by atoms with Crippen LogP contribution in [0, 0.1) is 0 Å². The molecule has 0 saturated heterocycles. The number of hydrogen-bond acceptors (Lipinski definition) is 4. The standard InChI is InChI=1S/C18H16O4/c1-21-17(19)15-11-10-14(12-16(15)18(20)22-2)9-8-13-6-4-3-5-7-13/h3-12H,1-2H3/b9-8-. The first-order chi connectivity index (χ1) is 10.7. The first-order valence-electron chi connectivity index (χ1n) is 6.69. The zero-order valence-electron chi connectivity index (χ0n) is 12.4. The maximum atomic E-state index is 11.8. The van der Waals surface area contributed by atoms with Crippen LogP contribution in [0.2, 0.25) is 0 Å². The Morgan fingerprint density at radius 3 is 2.00 bits per heavy atom. The Morgan fingerprint density at radius 2 is 1.36 bits per heavy atom. The summed E-state index contributed by atoms with van der Waals surface area (Å²) in [7, 11) is 2.54. The number of rotatable bonds is 4. The zero-order chi connectivity index (χ0) is 15.9. The second-order valence-corrected chi connectivity index (χ2v) is 4.53. The van der Waals surface area contributed by atoms with Crippen LogP contribution in [0.1, 0.15) is 31.8 Å². The van der Waals surface area contributed by atoms with Gasteiger partial charge in [0.15, 0.2) is 0 Å². The van der Waals surface area contributed by atoms with Crippen LogP contribution in [-0.2, 0) is 9.47 Å². The van der Waals surface area contributed by atoms with Gasteiger partial charge in [-0.05, 0) is 23.3 Å². The summed E-state index contributed by atoms with van der Waals surface area (Å²) in [5.41, 5.74) is 2.20. The third-order valence-corrected chi connectivity index (χ3v) is 3.12. The van der Waals surface area contributed by atoms with Gasteiger partial charge in [-0.15, -0.1) is 0 Å². The molecule has 2 rings (SSSR count). The van der Waals surface area contributed by atoms with Crippen LogP contribution < -0.4 is 0 Å². The van der Waals surface area contributed by atoms with Gasteiger partial charge < -0.3 is 9.47 Å². The van der Waals surface area contributed by atoms with E-state index in [1.807, 2.05) is 42.5 Å². The first kappa shape index (κ1) is 15.5. The molecule has 0 bridgehead atoms. The fraction of sp³-hybridized carbons (Fsp3) is 0.111. The van der Waals surface area contributed by atoms with Crippen molar-refractivity contribution in [2.24, 2.45) is 0 Å². The third-order valence-electron chi connectivity index (χ3n) is 3.12. The van der Waals surface area contributed by atoms with Gasteiger partial charge >= 0.3 is 11.9 Å². The van der Waals surface area contributed by atoms with E-state index in [-0.39, 0.29) is 11.1 Å². The molecule has 0 aliphatic carbocycles. The normalized spacial score (nSPS) is 10.5. The molecule has 0 spiro atoms. The number of carbonyl (C=O) groups excluding carboxylic acids is 2. The largest absolute Gasteiger partial charge is 0.465 e. The van der Waals surface area contributed by atoms with Gasteiger partial charge in [0, 0.05) is 0 Å². The van der Waals surface area contributed by atoms with E-state index in [0.717, 1.165) is 11.1 Å². The number of hydrogen-bond donors (Lipinski definition) is 0. The molecular formula is C18H16O4. The molecule has 0 amide bonds. The molecule has 0 aliphatic rings. The van der Waals surface area contributed by atoms with Crippen molar-refractivity contribution in [1.82, 2.24) is 0 Å². The van der Waals surface area contributed by atoms with Gasteiger partial charge in [0.1, 0.15) is 0 Å². The molecule has 0 radical (unpaired) electrons. The highest BCUT2D eigenvalue weighted by molar-refractivity contribution is 6.03. The van der Waals surface area contributed by atoms with Crippen LogP contribution >= 0.6 is 0 Å². The molecule has 22 heavy (non-hydrogen) atoms. The van der Waals surface area contributed by atoms with E-state index in [2.05, 4.69) is 4.74 Å². The summed E-state index contributed by atoms with van der Waals surface area (Å²) in [5.74, 6) is -1.14. The minimum absolute atomic E-state index is 0.185. The highest BCUT2D eigenvalue weighted by Gasteiger charge is 2.18. The highest BCUT2D eigenvalue weighted by atomic mass is 16.5. The predicted octanol–water partition coefficient (Wildman–Crippen LogP) is 3.43. The SMILES string of the molecule is COC(=O)c1ccc(/C=C\c2ccccc2)cc1C(=O)OC. The molecule has 0 saturated carbocycles. The average Bonchev–Trinajstić information content (AvgIpc) is 2.59. The maximum absolute atomic E-state index is 11.8. The first-order valence-corrected chi connectivity index (χ1v) is 6.69. The summed E-state index contributed by atoms with van der Waals surface area (Å²) in [4.78, 5) is 23.5. The van der Waals surface area contributed by atoms with Crippen molar-refractivity contribution in [3.63, 3.8) is 0 Å². The van der Waals surface area contributed by atoms with Gasteiger partial charge in [-0.2, -0.15) is 0 Å². The van der Waals surface area contributed by atoms with E-state index in [0.29, 0.717) is 0 Å². The summed E-state index contributed by atoms with van der Waals surface area (Å²) in [6.07, 6.45) is 3.79. The lowest BCUT2D eigenvalue weighted by atomic mass is 10.0. The lowest BCUT2D eigenvalue weighted by molar-refractivity contribution is 0.0555. The zero-order valence-corrected chi connectivity index (χ0v) is 12.4. The molecule has 0 heterocycles. The van der Waals surface area contributed by atoms with E-state index in [1.54, 1.807) is 18.2 Å². The van der Waals surface area contributed by atoms with Crippen molar-refractivity contribution in [1.29, 1.82) is 0 Å². The average molecular weight is 296 g/mol. The van der Waals surface area contributed by atoms with Gasteiger partial charge in [0.05, 0.1) is 25.3 Å². The van der Waals surface area contributed by atoms with Gasteiger partial charge in [0.25, 0.3) is 0 Å². The van der Waals surface area contributed by atoms with Crippen LogP contribution in [0.5, 0.6) is 0 Å². The van der Waals surface area contributed by atoms with E-state index < -0.39 is 11.9 Å². The van der Waals surface area contributed by atoms with E-state index >= 15 is 0 Å². The number of esters is 2. The fourth-order valence-electron chi connectivity index (χ4n) is 1.99. The number of methoxy groups -OCH3 is 2. The number of carbonyl (C=O) groups is 2. The van der Waals surface area contributed by atoms with Crippen LogP contribution in [0.15, 0.2) is 48.5 Å². The summed E-state index contributed by atoms with van der Waals surface area (Å²) in [6, 6.07) is 14.7. The van der Waals surface area contributed by atoms with E-state index in [9.17, 15) is 9.59 Å². The number of ether oxygens (including phenoxy) is 2. The second-order valence-electron chi connectivity index (χ2n) is 4.53. The molecule has 0 unspecified atom stereocenters. The molecule has 4 nitrogen and oxygen atoms in total. The topological polar surface area (TPSA) is 52.6 Å². The van der Waals surface area contributed by atoms with Crippen LogP contribution in [0.3, 0.4) is 0 Å². The van der Waals surface area contributed by atoms with Gasteiger partial charge in [-0.1, -0.05) is 48.6 Å². The fourth-order valence-corrected chi connectivity index (χ4v) is 1.99. The molecule has 2 aromatic carbocycles. The molecule has 0 atom stereocenters. The summed E-state index contributed by atoms with van der Waals surface area (Å²) in [6.45, 7) is 0.